The third-order valence-electron chi connectivity index (χ3n) is 1.77. The molecule has 0 saturated heterocycles. The molecule has 1 rings (SSSR count). The zero-order valence-electron chi connectivity index (χ0n) is 6.75. The summed E-state index contributed by atoms with van der Waals surface area (Å²) in [6.45, 7) is 6.30. The first kappa shape index (κ1) is 7.51. The van der Waals surface area contributed by atoms with Crippen molar-refractivity contribution in [2.75, 3.05) is 13.1 Å². The van der Waals surface area contributed by atoms with Crippen LogP contribution in [0.5, 0.6) is 0 Å². The summed E-state index contributed by atoms with van der Waals surface area (Å²) < 4.78 is 0. The average Bonchev–Trinajstić information content (AvgIpc) is 2.31. The van der Waals surface area contributed by atoms with Gasteiger partial charge in [-0.3, -0.25) is 5.01 Å². The Balaban J connectivity index is 2.20. The molecular weight excluding hydrogens is 126 g/mol. The summed E-state index contributed by atoms with van der Waals surface area (Å²) in [6.07, 6.45) is 2.46. The topological polar surface area (TPSA) is 28.0 Å². The summed E-state index contributed by atoms with van der Waals surface area (Å²) in [5.74, 6) is 0. The van der Waals surface area contributed by atoms with E-state index in [1.165, 1.54) is 12.8 Å². The lowest BCUT2D eigenvalue weighted by atomic mass is 10.3. The average molecular weight is 141 g/mol. The van der Waals surface area contributed by atoms with Gasteiger partial charge in [0.1, 0.15) is 0 Å². The smallest absolute Gasteiger partial charge is 0.0838 e. The number of hydrogen-bond donors (Lipinski definition) is 0. The van der Waals surface area contributed by atoms with Gasteiger partial charge in [0.15, 0.2) is 0 Å². The normalized spacial score (nSPS) is 24.2. The van der Waals surface area contributed by atoms with Crippen molar-refractivity contribution in [3.63, 3.8) is 0 Å². The summed E-state index contributed by atoms with van der Waals surface area (Å²) in [6, 6.07) is 0.534. The van der Waals surface area contributed by atoms with Crippen molar-refractivity contribution in [3.8, 4) is 0 Å². The molecule has 0 N–H and O–H groups in total. The Kier molecular flexibility index (Phi) is 2.66. The molecule has 0 amide bonds. The SMILES string of the molecule is CCCCN1N=NCC1C. The van der Waals surface area contributed by atoms with Crippen molar-refractivity contribution in [1.82, 2.24) is 5.01 Å². The van der Waals surface area contributed by atoms with Crippen LogP contribution < -0.4 is 0 Å². The minimum absolute atomic E-state index is 0.534. The highest BCUT2D eigenvalue weighted by Crippen LogP contribution is 2.09. The molecule has 10 heavy (non-hydrogen) atoms. The van der Waals surface area contributed by atoms with E-state index in [0.717, 1.165) is 13.1 Å². The van der Waals surface area contributed by atoms with Crippen molar-refractivity contribution in [2.45, 2.75) is 32.7 Å². The highest BCUT2D eigenvalue weighted by molar-refractivity contribution is 4.68. The van der Waals surface area contributed by atoms with Gasteiger partial charge in [-0.25, -0.2) is 0 Å². The fourth-order valence-corrected chi connectivity index (χ4v) is 1.00. The molecule has 0 radical (unpaired) electrons. The standard InChI is InChI=1S/C7H15N3/c1-3-4-5-10-7(2)6-8-9-10/h7H,3-6H2,1-2H3. The van der Waals surface area contributed by atoms with Crippen LogP contribution in [0.25, 0.3) is 0 Å². The Labute approximate surface area is 62.1 Å². The Morgan fingerprint density at radius 2 is 2.40 bits per heavy atom. The van der Waals surface area contributed by atoms with E-state index in [-0.39, 0.29) is 0 Å². The highest BCUT2D eigenvalue weighted by Gasteiger charge is 2.15. The van der Waals surface area contributed by atoms with E-state index < -0.39 is 0 Å². The molecule has 1 aliphatic heterocycles. The monoisotopic (exact) mass is 141 g/mol. The van der Waals surface area contributed by atoms with Gasteiger partial charge >= 0.3 is 0 Å². The van der Waals surface area contributed by atoms with E-state index in [9.17, 15) is 0 Å². The number of nitrogens with zero attached hydrogens (tertiary/aromatic N) is 3. The first-order chi connectivity index (χ1) is 4.84. The van der Waals surface area contributed by atoms with Crippen LogP contribution in [-0.4, -0.2) is 24.1 Å². The zero-order chi connectivity index (χ0) is 7.40. The second-order valence-corrected chi connectivity index (χ2v) is 2.78. The quantitative estimate of drug-likeness (QED) is 0.589. The van der Waals surface area contributed by atoms with Crippen molar-refractivity contribution in [3.05, 3.63) is 0 Å². The Morgan fingerprint density at radius 3 is 2.90 bits per heavy atom. The van der Waals surface area contributed by atoms with E-state index in [4.69, 9.17) is 0 Å². The number of hydrogen-bond acceptors (Lipinski definition) is 3. The van der Waals surface area contributed by atoms with Crippen molar-refractivity contribution < 1.29 is 0 Å². The lowest BCUT2D eigenvalue weighted by molar-refractivity contribution is 0.247. The van der Waals surface area contributed by atoms with Gasteiger partial charge in [0.25, 0.3) is 0 Å². The maximum Gasteiger partial charge on any atom is 0.0838 e. The van der Waals surface area contributed by atoms with Crippen LogP contribution in [0.1, 0.15) is 26.7 Å². The highest BCUT2D eigenvalue weighted by atomic mass is 15.6. The molecule has 1 heterocycles. The minimum atomic E-state index is 0.534. The van der Waals surface area contributed by atoms with Crippen molar-refractivity contribution >= 4 is 0 Å². The lowest BCUT2D eigenvalue weighted by Gasteiger charge is -2.16. The summed E-state index contributed by atoms with van der Waals surface area (Å²) in [4.78, 5) is 0. The van der Waals surface area contributed by atoms with Crippen LogP contribution in [0.3, 0.4) is 0 Å². The third-order valence-corrected chi connectivity index (χ3v) is 1.77. The number of rotatable bonds is 3. The van der Waals surface area contributed by atoms with E-state index in [1.54, 1.807) is 0 Å². The molecule has 1 aliphatic rings. The Hall–Kier alpha value is -0.600. The lowest BCUT2D eigenvalue weighted by Crippen LogP contribution is -2.26. The molecule has 0 saturated carbocycles. The van der Waals surface area contributed by atoms with Gasteiger partial charge in [-0.05, 0) is 13.3 Å². The van der Waals surface area contributed by atoms with Gasteiger partial charge < -0.3 is 0 Å². The van der Waals surface area contributed by atoms with Gasteiger partial charge in [-0.2, -0.15) is 5.11 Å². The Bertz CT molecular complexity index is 122. The van der Waals surface area contributed by atoms with E-state index in [2.05, 4.69) is 29.2 Å². The molecule has 3 heteroatoms. The Morgan fingerprint density at radius 1 is 1.60 bits per heavy atom. The molecule has 0 aromatic heterocycles. The van der Waals surface area contributed by atoms with Crippen LogP contribution in [0, 0.1) is 0 Å². The molecule has 0 spiro atoms. The summed E-state index contributed by atoms with van der Waals surface area (Å²) >= 11 is 0. The number of unbranched alkanes of at least 4 members (excludes halogenated alkanes) is 1. The molecule has 0 aromatic rings. The van der Waals surface area contributed by atoms with Crippen LogP contribution in [0.2, 0.25) is 0 Å². The molecule has 0 fully saturated rings. The fraction of sp³-hybridized carbons (Fsp3) is 1.00. The first-order valence-electron chi connectivity index (χ1n) is 3.98. The van der Waals surface area contributed by atoms with Crippen molar-refractivity contribution in [2.24, 2.45) is 10.3 Å². The maximum absolute atomic E-state index is 4.01. The molecule has 3 nitrogen and oxygen atoms in total. The van der Waals surface area contributed by atoms with Crippen LogP contribution >= 0.6 is 0 Å². The molecule has 0 bridgehead atoms. The molecule has 0 aliphatic carbocycles. The van der Waals surface area contributed by atoms with E-state index in [1.807, 2.05) is 0 Å². The van der Waals surface area contributed by atoms with E-state index >= 15 is 0 Å². The second kappa shape index (κ2) is 3.54. The molecule has 1 atom stereocenters. The molecular formula is C7H15N3. The molecule has 1 unspecified atom stereocenters. The predicted octanol–water partition coefficient (Wildman–Crippen LogP) is 1.86. The van der Waals surface area contributed by atoms with Gasteiger partial charge in [-0.1, -0.05) is 18.6 Å². The van der Waals surface area contributed by atoms with Crippen LogP contribution in [0.15, 0.2) is 10.3 Å². The van der Waals surface area contributed by atoms with Crippen LogP contribution in [0.4, 0.5) is 0 Å². The van der Waals surface area contributed by atoms with Gasteiger partial charge in [0, 0.05) is 6.54 Å². The molecule has 0 aromatic carbocycles. The predicted molar refractivity (Wildman–Crippen MR) is 40.8 cm³/mol. The minimum Gasteiger partial charge on any atom is -0.274 e. The van der Waals surface area contributed by atoms with Crippen LogP contribution in [-0.2, 0) is 0 Å². The first-order valence-corrected chi connectivity index (χ1v) is 3.98. The summed E-state index contributed by atoms with van der Waals surface area (Å²) in [5, 5.41) is 10.0. The second-order valence-electron chi connectivity index (χ2n) is 2.78. The summed E-state index contributed by atoms with van der Waals surface area (Å²) in [5.41, 5.74) is 0. The largest absolute Gasteiger partial charge is 0.274 e. The van der Waals surface area contributed by atoms with Crippen molar-refractivity contribution in [1.29, 1.82) is 0 Å². The summed E-state index contributed by atoms with van der Waals surface area (Å²) in [7, 11) is 0. The fourth-order valence-electron chi connectivity index (χ4n) is 1.00. The van der Waals surface area contributed by atoms with Gasteiger partial charge in [-0.15, -0.1) is 0 Å². The maximum atomic E-state index is 4.01. The van der Waals surface area contributed by atoms with Gasteiger partial charge in [0.2, 0.25) is 0 Å². The third kappa shape index (κ3) is 1.69. The van der Waals surface area contributed by atoms with E-state index in [0.29, 0.717) is 6.04 Å². The van der Waals surface area contributed by atoms with Gasteiger partial charge in [0.05, 0.1) is 12.6 Å². The molecule has 58 valence electrons. The zero-order valence-corrected chi connectivity index (χ0v) is 6.75.